The summed E-state index contributed by atoms with van der Waals surface area (Å²) in [5, 5.41) is 41.9. The van der Waals surface area contributed by atoms with Gasteiger partial charge in [0.05, 0.1) is 0 Å². The first-order valence-corrected chi connectivity index (χ1v) is 9.24. The Bertz CT molecular complexity index is 333. The molecule has 9 nitrogen and oxygen atoms in total. The van der Waals surface area contributed by atoms with Gasteiger partial charge < -0.3 is 45.1 Å². The molecule has 0 fully saturated rings. The number of carbonyl (C=O) groups is 4. The van der Waals surface area contributed by atoms with Crippen LogP contribution in [0, 0.1) is 0 Å². The monoisotopic (exact) mass is 432 g/mol. The van der Waals surface area contributed by atoms with E-state index in [2.05, 4.69) is 0 Å². The van der Waals surface area contributed by atoms with Gasteiger partial charge in [0.1, 0.15) is 0 Å². The van der Waals surface area contributed by atoms with Gasteiger partial charge in [0.2, 0.25) is 0 Å². The molecule has 0 radical (unpaired) electrons. The van der Waals surface area contributed by atoms with Crippen molar-refractivity contribution < 1.29 is 163 Å². The van der Waals surface area contributed by atoms with E-state index in [1.807, 2.05) is 0 Å². The molecule has 0 aliphatic carbocycles. The summed E-state index contributed by atoms with van der Waals surface area (Å²) in [7, 11) is -2.91. The Hall–Kier alpha value is 2.70. The van der Waals surface area contributed by atoms with Crippen molar-refractivity contribution in [1.82, 2.24) is 0 Å². The molecule has 0 spiro atoms. The van der Waals surface area contributed by atoms with E-state index in [0.717, 1.165) is 0 Å². The first-order valence-electron chi connectivity index (χ1n) is 5.44. The Morgan fingerprint density at radius 3 is 0.800 bits per heavy atom. The van der Waals surface area contributed by atoms with Crippen LogP contribution in [-0.4, -0.2) is 66.3 Å². The quantitative estimate of drug-likeness (QED) is 0.227. The molecule has 0 heterocycles. The molecule has 0 unspecified atom stereocenters. The van der Waals surface area contributed by atoms with Gasteiger partial charge in [0.25, 0.3) is 0 Å². The van der Waals surface area contributed by atoms with Gasteiger partial charge in [0.15, 0.2) is 0 Å². The van der Waals surface area contributed by atoms with E-state index in [-0.39, 0.29) is 136 Å². The van der Waals surface area contributed by atoms with E-state index in [1.54, 1.807) is 0 Å². The average Bonchev–Trinajstić information content (AvgIpc) is 2.22. The van der Waals surface area contributed by atoms with E-state index in [4.69, 9.17) is 0 Å². The van der Waals surface area contributed by atoms with E-state index in [9.17, 15) is 39.6 Å². The van der Waals surface area contributed by atoms with Crippen LogP contribution in [0.4, 0.5) is 0 Å². The second-order valence-electron chi connectivity index (χ2n) is 3.91. The third kappa shape index (κ3) is 29.0. The van der Waals surface area contributed by atoms with Crippen molar-refractivity contribution in [3.05, 3.63) is 0 Å². The van der Waals surface area contributed by atoms with Gasteiger partial charge in [-0.05, 0) is 12.3 Å². The van der Waals surface area contributed by atoms with Crippen LogP contribution in [0.15, 0.2) is 0 Å². The van der Waals surface area contributed by atoms with Gasteiger partial charge in [0, 0.05) is 48.5 Å². The largest absolute Gasteiger partial charge is 1.00 e. The van der Waals surface area contributed by atoms with Crippen molar-refractivity contribution in [3.8, 4) is 0 Å². The molecule has 15 heteroatoms. The van der Waals surface area contributed by atoms with Crippen LogP contribution < -0.4 is 139 Å². The number of carbonyl (C=O) groups excluding carboxylic acids is 4. The van der Waals surface area contributed by atoms with Gasteiger partial charge in [-0.3, -0.25) is 0 Å². The van der Waals surface area contributed by atoms with Gasteiger partial charge in [-0.2, -0.15) is 0 Å². The topological polar surface area (TPSA) is 192 Å². The number of hydrogen-bond donors (Lipinski definition) is 0. The van der Waals surface area contributed by atoms with Gasteiger partial charge in [-0.15, -0.1) is 0 Å². The molecule has 0 aliphatic heterocycles. The number of carboxylic acid groups (broad SMARTS) is 4. The minimum Gasteiger partial charge on any atom is -0.550 e. The van der Waals surface area contributed by atoms with Crippen LogP contribution in [0.25, 0.3) is 0 Å². The summed E-state index contributed by atoms with van der Waals surface area (Å²) < 4.78 is 0. The fraction of sp³-hybridized carbons (Fsp3) is 0.600. The standard InChI is InChI=1S/C10H16O8P2.4Na.H2O/c11-7(12)3-19(4-8(13)14)1-2-20(5-9(15)16)6-10(17)18;;;;;/h1-6H2,(H,11,12)(H,13,14)(H,15,16)(H,17,18);;;;;1H2/q;4*+1;/p-4. The van der Waals surface area contributed by atoms with Crippen LogP contribution in [0.1, 0.15) is 0 Å². The Morgan fingerprint density at radius 2 is 0.680 bits per heavy atom. The molecule has 25 heavy (non-hydrogen) atoms. The molecule has 0 bridgehead atoms. The molecule has 122 valence electrons. The predicted molar refractivity (Wildman–Crippen MR) is 66.7 cm³/mol. The molecule has 0 aromatic rings. The molecule has 0 aromatic carbocycles. The molecule has 0 amide bonds. The summed E-state index contributed by atoms with van der Waals surface area (Å²) in [6, 6.07) is 0. The maximum absolute atomic E-state index is 10.5. The van der Waals surface area contributed by atoms with Crippen molar-refractivity contribution >= 4 is 39.7 Å². The normalized spacial score (nSPS) is 8.56. The van der Waals surface area contributed by atoms with E-state index >= 15 is 0 Å². The Kier molecular flexibility index (Phi) is 41.5. The zero-order chi connectivity index (χ0) is 15.7. The summed E-state index contributed by atoms with van der Waals surface area (Å²) in [4.78, 5) is 41.9. The first-order chi connectivity index (χ1) is 9.20. The summed E-state index contributed by atoms with van der Waals surface area (Å²) >= 11 is 0. The van der Waals surface area contributed by atoms with Crippen LogP contribution in [0.2, 0.25) is 0 Å². The Labute approximate surface area is 236 Å². The fourth-order valence-corrected chi connectivity index (χ4v) is 6.02. The second-order valence-corrected chi connectivity index (χ2v) is 8.75. The third-order valence-corrected chi connectivity index (χ3v) is 7.03. The molecular weight excluding hydrogens is 418 g/mol. The van der Waals surface area contributed by atoms with Crippen LogP contribution in [0.5, 0.6) is 0 Å². The first kappa shape index (κ1) is 41.9. The molecular formula is C10H14Na4O9P2. The maximum Gasteiger partial charge on any atom is 1.00 e. The minimum atomic E-state index is -1.46. The SMILES string of the molecule is O.O=C([O-])CP(CCP(CC(=O)[O-])CC(=O)[O-])CC(=O)[O-].[Na+].[Na+].[Na+].[Na+]. The van der Waals surface area contributed by atoms with E-state index in [1.165, 1.54) is 0 Å². The minimum absolute atomic E-state index is 0. The summed E-state index contributed by atoms with van der Waals surface area (Å²) in [5.41, 5.74) is 0. The zero-order valence-corrected chi connectivity index (χ0v) is 24.7. The molecule has 0 saturated carbocycles. The van der Waals surface area contributed by atoms with Crippen LogP contribution in [0.3, 0.4) is 0 Å². The van der Waals surface area contributed by atoms with Crippen molar-refractivity contribution in [3.63, 3.8) is 0 Å². The molecule has 0 rings (SSSR count). The summed E-state index contributed by atoms with van der Waals surface area (Å²) in [6.07, 6.45) is -1.51. The van der Waals surface area contributed by atoms with Crippen molar-refractivity contribution in [2.24, 2.45) is 0 Å². The molecule has 0 saturated heterocycles. The average molecular weight is 432 g/mol. The van der Waals surface area contributed by atoms with Gasteiger partial charge >= 0.3 is 118 Å². The fourth-order valence-electron chi connectivity index (χ4n) is 1.44. The predicted octanol–water partition coefficient (Wildman–Crippen LogP) is -17.9. The molecule has 0 aliphatic rings. The number of rotatable bonds is 11. The zero-order valence-electron chi connectivity index (χ0n) is 14.9. The van der Waals surface area contributed by atoms with E-state index in [0.29, 0.717) is 0 Å². The maximum atomic E-state index is 10.5. The summed E-state index contributed by atoms with van der Waals surface area (Å²) in [5.74, 6) is -5.61. The number of carboxylic acids is 4. The number of hydrogen-bond acceptors (Lipinski definition) is 8. The van der Waals surface area contributed by atoms with Crippen LogP contribution >= 0.6 is 15.8 Å². The van der Waals surface area contributed by atoms with Gasteiger partial charge in [-0.1, -0.05) is 15.8 Å². The smallest absolute Gasteiger partial charge is 0.550 e. The third-order valence-electron chi connectivity index (χ3n) is 2.14. The second kappa shape index (κ2) is 24.7. The molecule has 0 atom stereocenters. The molecule has 0 aromatic heterocycles. The van der Waals surface area contributed by atoms with Crippen molar-refractivity contribution in [1.29, 1.82) is 0 Å². The Morgan fingerprint density at radius 1 is 0.520 bits per heavy atom. The Balaban J connectivity index is -0.000000180. The van der Waals surface area contributed by atoms with E-state index < -0.39 is 64.4 Å². The number of aliphatic carboxylic acids is 4. The molecule has 2 N–H and O–H groups in total. The van der Waals surface area contributed by atoms with Gasteiger partial charge in [-0.25, -0.2) is 0 Å². The van der Waals surface area contributed by atoms with Crippen LogP contribution in [-0.2, 0) is 19.2 Å². The van der Waals surface area contributed by atoms with Crippen molar-refractivity contribution in [2.75, 3.05) is 37.0 Å². The summed E-state index contributed by atoms with van der Waals surface area (Å²) in [6.45, 7) is 0. The van der Waals surface area contributed by atoms with Crippen molar-refractivity contribution in [2.45, 2.75) is 0 Å².